The van der Waals surface area contributed by atoms with E-state index in [9.17, 15) is 15.3 Å². The van der Waals surface area contributed by atoms with Crippen molar-refractivity contribution in [1.29, 1.82) is 0 Å². The summed E-state index contributed by atoms with van der Waals surface area (Å²) in [6, 6.07) is 0. The van der Waals surface area contributed by atoms with Gasteiger partial charge >= 0.3 is 0 Å². The summed E-state index contributed by atoms with van der Waals surface area (Å²) in [6.45, 7) is 0. The highest BCUT2D eigenvalue weighted by Crippen LogP contribution is 2.55. The molecule has 0 spiro atoms. The van der Waals surface area contributed by atoms with Crippen molar-refractivity contribution in [1.82, 2.24) is 0 Å². The molecule has 0 radical (unpaired) electrons. The van der Waals surface area contributed by atoms with Gasteiger partial charge in [-0.25, -0.2) is 0 Å². The molecule has 0 bridgehead atoms. The van der Waals surface area contributed by atoms with Gasteiger partial charge in [0.25, 0.3) is 0 Å². The smallest absolute Gasteiger partial charge is 0.0614 e. The Labute approximate surface area is 120 Å². The predicted molar refractivity (Wildman–Crippen MR) is 75.9 cm³/mol. The summed E-state index contributed by atoms with van der Waals surface area (Å²) < 4.78 is 0. The van der Waals surface area contributed by atoms with Crippen molar-refractivity contribution < 1.29 is 15.3 Å². The van der Waals surface area contributed by atoms with E-state index in [2.05, 4.69) is 0 Å². The molecule has 0 aromatic carbocycles. The van der Waals surface area contributed by atoms with E-state index in [0.717, 1.165) is 38.5 Å². The molecule has 3 saturated carbocycles. The first kappa shape index (κ1) is 13.3. The minimum atomic E-state index is -0.248. The molecule has 7 atom stereocenters. The number of rotatable bonds is 0. The topological polar surface area (TPSA) is 60.7 Å². The largest absolute Gasteiger partial charge is 0.393 e. The molecule has 3 fully saturated rings. The number of fused-ring (bicyclic) bond motifs is 4. The molecule has 7 unspecified atom stereocenters. The van der Waals surface area contributed by atoms with E-state index in [1.807, 2.05) is 0 Å². The molecule has 112 valence electrons. The molecule has 4 aliphatic carbocycles. The Hall–Kier alpha value is -0.380. The summed E-state index contributed by atoms with van der Waals surface area (Å²) in [4.78, 5) is 0. The summed E-state index contributed by atoms with van der Waals surface area (Å²) in [7, 11) is 0. The summed E-state index contributed by atoms with van der Waals surface area (Å²) in [5, 5.41) is 31.0. The van der Waals surface area contributed by atoms with Crippen LogP contribution in [0, 0.1) is 23.7 Å². The van der Waals surface area contributed by atoms with Crippen LogP contribution in [0.3, 0.4) is 0 Å². The van der Waals surface area contributed by atoms with Gasteiger partial charge in [0.05, 0.1) is 18.3 Å². The summed E-state index contributed by atoms with van der Waals surface area (Å²) in [5.74, 6) is 1.60. The van der Waals surface area contributed by atoms with Crippen molar-refractivity contribution in [3.8, 4) is 0 Å². The van der Waals surface area contributed by atoms with Gasteiger partial charge in [0.1, 0.15) is 0 Å². The van der Waals surface area contributed by atoms with Gasteiger partial charge in [-0.3, -0.25) is 0 Å². The van der Waals surface area contributed by atoms with Gasteiger partial charge in [-0.2, -0.15) is 0 Å². The first-order valence-corrected chi connectivity index (χ1v) is 8.41. The van der Waals surface area contributed by atoms with Crippen molar-refractivity contribution >= 4 is 0 Å². The fraction of sp³-hybridized carbons (Fsp3) is 0.882. The number of hydrogen-bond donors (Lipinski definition) is 3. The Morgan fingerprint density at radius 2 is 1.60 bits per heavy atom. The maximum Gasteiger partial charge on any atom is 0.0614 e. The zero-order valence-electron chi connectivity index (χ0n) is 12.0. The SMILES string of the molecule is OC1CCC2=C3CC(O)C4CCCC4C3C(O)CC2C1. The van der Waals surface area contributed by atoms with Gasteiger partial charge in [-0.1, -0.05) is 17.6 Å². The second-order valence-electron chi connectivity index (χ2n) is 7.53. The van der Waals surface area contributed by atoms with E-state index >= 15 is 0 Å². The van der Waals surface area contributed by atoms with Crippen molar-refractivity contribution in [3.05, 3.63) is 11.1 Å². The monoisotopic (exact) mass is 278 g/mol. The molecular formula is C17H26O3. The highest BCUT2D eigenvalue weighted by Gasteiger charge is 2.50. The lowest BCUT2D eigenvalue weighted by molar-refractivity contribution is -0.0211. The van der Waals surface area contributed by atoms with Crippen LogP contribution in [-0.4, -0.2) is 33.6 Å². The normalized spacial score (nSPS) is 51.5. The third-order valence-corrected chi connectivity index (χ3v) is 6.56. The Bertz CT molecular complexity index is 430. The Morgan fingerprint density at radius 1 is 0.800 bits per heavy atom. The molecule has 3 N–H and O–H groups in total. The lowest BCUT2D eigenvalue weighted by Crippen LogP contribution is -2.46. The first-order chi connectivity index (χ1) is 9.65. The van der Waals surface area contributed by atoms with E-state index in [1.54, 1.807) is 0 Å². The molecule has 20 heavy (non-hydrogen) atoms. The number of allylic oxidation sites excluding steroid dienone is 1. The minimum absolute atomic E-state index is 0.194. The molecule has 0 aliphatic heterocycles. The van der Waals surface area contributed by atoms with Gasteiger partial charge in [-0.05, 0) is 62.7 Å². The Balaban J connectivity index is 1.72. The van der Waals surface area contributed by atoms with Crippen LogP contribution in [0.25, 0.3) is 0 Å². The summed E-state index contributed by atoms with van der Waals surface area (Å²) >= 11 is 0. The van der Waals surface area contributed by atoms with E-state index in [1.165, 1.54) is 24.0 Å². The predicted octanol–water partition coefficient (Wildman–Crippen LogP) is 2.01. The fourth-order valence-corrected chi connectivity index (χ4v) is 5.79. The van der Waals surface area contributed by atoms with Gasteiger partial charge in [0, 0.05) is 5.92 Å². The van der Waals surface area contributed by atoms with Crippen molar-refractivity contribution in [2.45, 2.75) is 69.7 Å². The lowest BCUT2D eigenvalue weighted by atomic mass is 9.59. The average Bonchev–Trinajstić information content (AvgIpc) is 2.87. The third kappa shape index (κ3) is 1.90. The standard InChI is InChI=1S/C17H26O3/c18-10-4-5-11-9(6-10)7-16(20)17-13-3-1-2-12(13)15(19)8-14(11)17/h9-10,12-13,15-20H,1-8H2. The fourth-order valence-electron chi connectivity index (χ4n) is 5.79. The third-order valence-electron chi connectivity index (χ3n) is 6.56. The molecule has 0 aromatic rings. The second kappa shape index (κ2) is 4.82. The van der Waals surface area contributed by atoms with E-state index in [4.69, 9.17) is 0 Å². The highest BCUT2D eigenvalue weighted by atomic mass is 16.3. The highest BCUT2D eigenvalue weighted by molar-refractivity contribution is 5.30. The zero-order chi connectivity index (χ0) is 13.9. The molecular weight excluding hydrogens is 252 g/mol. The van der Waals surface area contributed by atoms with Crippen LogP contribution < -0.4 is 0 Å². The van der Waals surface area contributed by atoms with Crippen LogP contribution in [0.1, 0.15) is 51.4 Å². The second-order valence-corrected chi connectivity index (χ2v) is 7.53. The Kier molecular flexibility index (Phi) is 3.21. The van der Waals surface area contributed by atoms with E-state index in [0.29, 0.717) is 23.7 Å². The van der Waals surface area contributed by atoms with E-state index in [-0.39, 0.29) is 18.3 Å². The van der Waals surface area contributed by atoms with Crippen LogP contribution in [0.4, 0.5) is 0 Å². The molecule has 0 heterocycles. The van der Waals surface area contributed by atoms with Crippen molar-refractivity contribution in [2.24, 2.45) is 23.7 Å². The number of hydrogen-bond acceptors (Lipinski definition) is 3. The van der Waals surface area contributed by atoms with Gasteiger partial charge in [-0.15, -0.1) is 0 Å². The van der Waals surface area contributed by atoms with Crippen LogP contribution in [-0.2, 0) is 0 Å². The van der Waals surface area contributed by atoms with Gasteiger partial charge in [0.15, 0.2) is 0 Å². The summed E-state index contributed by atoms with van der Waals surface area (Å²) in [6.07, 6.45) is 7.16. The molecule has 4 aliphatic rings. The quantitative estimate of drug-likeness (QED) is 0.594. The maximum absolute atomic E-state index is 10.7. The van der Waals surface area contributed by atoms with Crippen molar-refractivity contribution in [3.63, 3.8) is 0 Å². The minimum Gasteiger partial charge on any atom is -0.393 e. The van der Waals surface area contributed by atoms with Crippen molar-refractivity contribution in [2.75, 3.05) is 0 Å². The van der Waals surface area contributed by atoms with Gasteiger partial charge in [0.2, 0.25) is 0 Å². The van der Waals surface area contributed by atoms with Crippen LogP contribution >= 0.6 is 0 Å². The molecule has 0 amide bonds. The Morgan fingerprint density at radius 3 is 2.45 bits per heavy atom. The van der Waals surface area contributed by atoms with E-state index < -0.39 is 0 Å². The number of aliphatic hydroxyl groups is 3. The molecule has 0 saturated heterocycles. The first-order valence-electron chi connectivity index (χ1n) is 8.41. The number of aliphatic hydroxyl groups excluding tert-OH is 3. The molecule has 4 rings (SSSR count). The lowest BCUT2D eigenvalue weighted by Gasteiger charge is -2.49. The zero-order valence-corrected chi connectivity index (χ0v) is 12.0. The molecule has 3 heteroatoms. The maximum atomic E-state index is 10.7. The van der Waals surface area contributed by atoms with Crippen LogP contribution in [0.5, 0.6) is 0 Å². The average molecular weight is 278 g/mol. The molecule has 3 nitrogen and oxygen atoms in total. The summed E-state index contributed by atoms with van der Waals surface area (Å²) in [5.41, 5.74) is 2.88. The van der Waals surface area contributed by atoms with Crippen LogP contribution in [0.2, 0.25) is 0 Å². The van der Waals surface area contributed by atoms with Gasteiger partial charge < -0.3 is 15.3 Å². The molecule has 0 aromatic heterocycles. The van der Waals surface area contributed by atoms with Crippen LogP contribution in [0.15, 0.2) is 11.1 Å².